The summed E-state index contributed by atoms with van der Waals surface area (Å²) in [7, 11) is 1.78. The van der Waals surface area contributed by atoms with E-state index in [-0.39, 0.29) is 0 Å². The number of hydrogen-bond donors (Lipinski definition) is 0. The van der Waals surface area contributed by atoms with Gasteiger partial charge >= 0.3 is 18.0 Å². The number of ether oxygens (including phenoxy) is 3. The van der Waals surface area contributed by atoms with E-state index in [9.17, 15) is 28.1 Å². The summed E-state index contributed by atoms with van der Waals surface area (Å²) < 4.78 is 49.2. The molecule has 0 unspecified atom stereocenters. The Morgan fingerprint density at radius 3 is 2.35 bits per heavy atom. The van der Waals surface area contributed by atoms with Crippen molar-refractivity contribution in [1.82, 2.24) is 4.98 Å². The molecule has 0 bridgehead atoms. The minimum atomic E-state index is -5.20. The first-order valence-electron chi connectivity index (χ1n) is 4.76. The third kappa shape index (κ3) is 3.24. The van der Waals surface area contributed by atoms with Gasteiger partial charge in [-0.3, -0.25) is 10.1 Å². The van der Waals surface area contributed by atoms with Gasteiger partial charge in [0, 0.05) is 0 Å². The highest BCUT2D eigenvalue weighted by atomic mass is 19.4. The Balaban J connectivity index is 3.55. The van der Waals surface area contributed by atoms with E-state index >= 15 is 0 Å². The first-order chi connectivity index (χ1) is 9.21. The number of methoxy groups -OCH3 is 2. The van der Waals surface area contributed by atoms with Gasteiger partial charge in [-0.1, -0.05) is 0 Å². The Labute approximate surface area is 109 Å². The Morgan fingerprint density at radius 1 is 1.35 bits per heavy atom. The Morgan fingerprint density at radius 2 is 1.95 bits per heavy atom. The second-order valence-corrected chi connectivity index (χ2v) is 3.15. The average molecular weight is 296 g/mol. The summed E-state index contributed by atoms with van der Waals surface area (Å²) >= 11 is 0. The van der Waals surface area contributed by atoms with Crippen molar-refractivity contribution in [2.24, 2.45) is 0 Å². The molecule has 0 saturated heterocycles. The maximum atomic E-state index is 12.3. The van der Waals surface area contributed by atoms with Crippen molar-refractivity contribution in [2.75, 3.05) is 14.2 Å². The van der Waals surface area contributed by atoms with Crippen LogP contribution in [0.2, 0.25) is 0 Å². The number of hydrogen-bond acceptors (Lipinski definition) is 7. The topological polar surface area (TPSA) is 101 Å². The molecule has 0 aromatic carbocycles. The summed E-state index contributed by atoms with van der Waals surface area (Å²) in [5, 5.41) is 10.7. The normalized spacial score (nSPS) is 10.8. The summed E-state index contributed by atoms with van der Waals surface area (Å²) in [5.74, 6) is -3.39. The van der Waals surface area contributed by atoms with Crippen molar-refractivity contribution in [3.05, 3.63) is 22.0 Å². The van der Waals surface area contributed by atoms with Crippen molar-refractivity contribution in [1.29, 1.82) is 0 Å². The highest BCUT2D eigenvalue weighted by Crippen LogP contribution is 2.41. The Kier molecular flexibility index (Phi) is 4.32. The van der Waals surface area contributed by atoms with E-state index in [0.717, 1.165) is 14.2 Å². The van der Waals surface area contributed by atoms with Gasteiger partial charge in [-0.05, 0) is 0 Å². The molecule has 0 spiro atoms. The molecule has 1 rings (SSSR count). The van der Waals surface area contributed by atoms with E-state index in [0.29, 0.717) is 6.20 Å². The van der Waals surface area contributed by atoms with E-state index < -0.39 is 40.1 Å². The molecule has 1 aromatic heterocycles. The fraction of sp³-hybridized carbons (Fsp3) is 0.333. The maximum Gasteiger partial charge on any atom is 0.573 e. The Bertz CT molecular complexity index is 545. The van der Waals surface area contributed by atoms with Crippen molar-refractivity contribution >= 4 is 11.7 Å². The number of carbonyl (C=O) groups excluding carboxylic acids is 1. The molecule has 0 fully saturated rings. The van der Waals surface area contributed by atoms with E-state index in [1.807, 2.05) is 0 Å². The molecular formula is C9H7F3N2O6. The van der Waals surface area contributed by atoms with Crippen LogP contribution in [0.15, 0.2) is 6.20 Å². The SMILES string of the molecule is COC(=O)c1ncc([N+](=O)[O-])c(OC)c1OC(F)(F)F. The average Bonchev–Trinajstić information content (AvgIpc) is 2.35. The number of pyridine rings is 1. The standard InChI is InChI=1S/C9H7F3N2O6/c1-18-6-4(14(16)17)3-13-5(8(15)19-2)7(6)20-9(10,11)12/h3H,1-2H3. The molecule has 0 aliphatic rings. The zero-order chi connectivity index (χ0) is 15.5. The molecule has 110 valence electrons. The molecule has 0 saturated carbocycles. The second kappa shape index (κ2) is 5.59. The van der Waals surface area contributed by atoms with Crippen LogP contribution in [-0.4, -0.2) is 36.5 Å². The van der Waals surface area contributed by atoms with E-state index in [2.05, 4.69) is 19.2 Å². The van der Waals surface area contributed by atoms with Crippen LogP contribution in [0.4, 0.5) is 18.9 Å². The highest BCUT2D eigenvalue weighted by molar-refractivity contribution is 5.92. The predicted molar refractivity (Wildman–Crippen MR) is 55.5 cm³/mol. The monoisotopic (exact) mass is 296 g/mol. The molecule has 1 aromatic rings. The molecule has 8 nitrogen and oxygen atoms in total. The number of carbonyl (C=O) groups is 1. The summed E-state index contributed by atoms with van der Waals surface area (Å²) in [6.07, 6.45) is -4.64. The first kappa shape index (κ1) is 15.5. The van der Waals surface area contributed by atoms with Crippen LogP contribution < -0.4 is 9.47 Å². The van der Waals surface area contributed by atoms with Crippen LogP contribution in [0.1, 0.15) is 10.5 Å². The zero-order valence-corrected chi connectivity index (χ0v) is 10.1. The van der Waals surface area contributed by atoms with Crippen LogP contribution in [0, 0.1) is 10.1 Å². The quantitative estimate of drug-likeness (QED) is 0.473. The van der Waals surface area contributed by atoms with Crippen molar-refractivity contribution in [3.63, 3.8) is 0 Å². The van der Waals surface area contributed by atoms with Crippen LogP contribution in [0.5, 0.6) is 11.5 Å². The Hall–Kier alpha value is -2.59. The number of nitrogens with zero attached hydrogens (tertiary/aromatic N) is 2. The predicted octanol–water partition coefficient (Wildman–Crippen LogP) is 1.68. The highest BCUT2D eigenvalue weighted by Gasteiger charge is 2.38. The van der Waals surface area contributed by atoms with Gasteiger partial charge in [0.1, 0.15) is 6.20 Å². The summed E-state index contributed by atoms with van der Waals surface area (Å²) in [4.78, 5) is 24.2. The molecule has 20 heavy (non-hydrogen) atoms. The molecule has 0 atom stereocenters. The number of aromatic nitrogens is 1. The molecule has 11 heteroatoms. The zero-order valence-electron chi connectivity index (χ0n) is 10.1. The minimum absolute atomic E-state index is 0.564. The van der Waals surface area contributed by atoms with Crippen LogP contribution in [0.3, 0.4) is 0 Å². The smallest absolute Gasteiger partial charge is 0.487 e. The van der Waals surface area contributed by atoms with Crippen molar-refractivity contribution in [3.8, 4) is 11.5 Å². The van der Waals surface area contributed by atoms with Crippen molar-refractivity contribution < 1.29 is 37.1 Å². The fourth-order valence-electron chi connectivity index (χ4n) is 1.25. The van der Waals surface area contributed by atoms with E-state index in [1.54, 1.807) is 0 Å². The van der Waals surface area contributed by atoms with Gasteiger partial charge in [-0.15, -0.1) is 13.2 Å². The van der Waals surface area contributed by atoms with Crippen LogP contribution >= 0.6 is 0 Å². The lowest BCUT2D eigenvalue weighted by atomic mass is 10.2. The van der Waals surface area contributed by atoms with Gasteiger partial charge in [0.25, 0.3) is 0 Å². The van der Waals surface area contributed by atoms with Gasteiger partial charge in [0.2, 0.25) is 11.5 Å². The van der Waals surface area contributed by atoms with E-state index in [1.165, 1.54) is 0 Å². The summed E-state index contributed by atoms with van der Waals surface area (Å²) in [6, 6.07) is 0. The third-order valence-electron chi connectivity index (χ3n) is 1.97. The molecule has 0 N–H and O–H groups in total. The van der Waals surface area contributed by atoms with E-state index in [4.69, 9.17) is 0 Å². The third-order valence-corrected chi connectivity index (χ3v) is 1.97. The summed E-state index contributed by atoms with van der Waals surface area (Å²) in [6.45, 7) is 0. The lowest BCUT2D eigenvalue weighted by Crippen LogP contribution is -2.21. The largest absolute Gasteiger partial charge is 0.573 e. The van der Waals surface area contributed by atoms with Crippen molar-refractivity contribution in [2.45, 2.75) is 6.36 Å². The first-order valence-corrected chi connectivity index (χ1v) is 4.76. The number of esters is 1. The number of nitro groups is 1. The number of alkyl halides is 3. The van der Waals surface area contributed by atoms with Gasteiger partial charge in [-0.25, -0.2) is 9.78 Å². The fourth-order valence-corrected chi connectivity index (χ4v) is 1.25. The lowest BCUT2D eigenvalue weighted by molar-refractivity contribution is -0.386. The molecule has 0 amide bonds. The van der Waals surface area contributed by atoms with Gasteiger partial charge in [-0.2, -0.15) is 0 Å². The molecular weight excluding hydrogens is 289 g/mol. The van der Waals surface area contributed by atoms with Gasteiger partial charge in [0.15, 0.2) is 5.69 Å². The summed E-state index contributed by atoms with van der Waals surface area (Å²) in [5.41, 5.74) is -1.79. The second-order valence-electron chi connectivity index (χ2n) is 3.15. The molecule has 0 aliphatic heterocycles. The maximum absolute atomic E-state index is 12.3. The minimum Gasteiger partial charge on any atom is -0.487 e. The molecule has 0 aliphatic carbocycles. The van der Waals surface area contributed by atoms with Gasteiger partial charge in [0.05, 0.1) is 19.1 Å². The molecule has 1 heterocycles. The van der Waals surface area contributed by atoms with Gasteiger partial charge < -0.3 is 14.2 Å². The molecule has 0 radical (unpaired) electrons. The number of halogens is 3. The van der Waals surface area contributed by atoms with Crippen LogP contribution in [0.25, 0.3) is 0 Å². The number of rotatable bonds is 4. The lowest BCUT2D eigenvalue weighted by Gasteiger charge is -2.14. The van der Waals surface area contributed by atoms with Crippen LogP contribution in [-0.2, 0) is 4.74 Å².